The van der Waals surface area contributed by atoms with Crippen LogP contribution in [0.25, 0.3) is 0 Å². The largest absolute Gasteiger partial charge is 0.486 e. The van der Waals surface area contributed by atoms with Gasteiger partial charge in [0.2, 0.25) is 0 Å². The maximum Gasteiger partial charge on any atom is 0.161 e. The lowest BCUT2D eigenvalue weighted by Gasteiger charge is -2.20. The molecule has 21 heavy (non-hydrogen) atoms. The zero-order chi connectivity index (χ0) is 14.7. The Morgan fingerprint density at radius 3 is 2.48 bits per heavy atom. The van der Waals surface area contributed by atoms with E-state index in [0.717, 1.165) is 21.5 Å². The summed E-state index contributed by atoms with van der Waals surface area (Å²) in [6, 6.07) is 15.1. The first-order valence-corrected chi connectivity index (χ1v) is 7.37. The molecule has 3 rings (SSSR count). The van der Waals surface area contributed by atoms with E-state index >= 15 is 0 Å². The van der Waals surface area contributed by atoms with Gasteiger partial charge in [0.15, 0.2) is 11.5 Å². The van der Waals surface area contributed by atoms with Crippen LogP contribution in [0.5, 0.6) is 11.5 Å². The van der Waals surface area contributed by atoms with Crippen LogP contribution in [0.4, 0.5) is 5.69 Å². The first-order valence-electron chi connectivity index (χ1n) is 6.57. The summed E-state index contributed by atoms with van der Waals surface area (Å²) in [7, 11) is 0. The summed E-state index contributed by atoms with van der Waals surface area (Å²) in [5.74, 6) is 1.42. The van der Waals surface area contributed by atoms with Gasteiger partial charge in [-0.15, -0.1) is 0 Å². The molecule has 0 fully saturated rings. The Morgan fingerprint density at radius 2 is 1.76 bits per heavy atom. The molecule has 1 heterocycles. The van der Waals surface area contributed by atoms with Gasteiger partial charge in [-0.2, -0.15) is 5.26 Å². The van der Waals surface area contributed by atoms with E-state index in [4.69, 9.17) is 9.47 Å². The quantitative estimate of drug-likeness (QED) is 0.917. The molecule has 5 heteroatoms. The second-order valence-electron chi connectivity index (χ2n) is 4.62. The van der Waals surface area contributed by atoms with Crippen molar-refractivity contribution in [2.45, 2.75) is 6.04 Å². The number of halogens is 1. The molecule has 2 aromatic rings. The highest BCUT2D eigenvalue weighted by Gasteiger charge is 2.16. The van der Waals surface area contributed by atoms with Crippen molar-refractivity contribution in [3.63, 3.8) is 0 Å². The van der Waals surface area contributed by atoms with Gasteiger partial charge in [0.25, 0.3) is 0 Å². The fourth-order valence-electron chi connectivity index (χ4n) is 2.14. The third-order valence-electron chi connectivity index (χ3n) is 3.18. The summed E-state index contributed by atoms with van der Waals surface area (Å²) in [5.41, 5.74) is 1.74. The SMILES string of the molecule is N#CC(Nc1ccc(Br)cc1)c1ccc2c(c1)OCCO2. The minimum atomic E-state index is -0.443. The number of hydrogen-bond donors (Lipinski definition) is 1. The van der Waals surface area contributed by atoms with Crippen molar-refractivity contribution < 1.29 is 9.47 Å². The molecule has 0 aromatic heterocycles. The van der Waals surface area contributed by atoms with E-state index in [1.54, 1.807) is 0 Å². The van der Waals surface area contributed by atoms with Crippen LogP contribution >= 0.6 is 15.9 Å². The van der Waals surface area contributed by atoms with Crippen molar-refractivity contribution in [1.29, 1.82) is 5.26 Å². The zero-order valence-corrected chi connectivity index (χ0v) is 12.8. The molecule has 0 aliphatic carbocycles. The fraction of sp³-hybridized carbons (Fsp3) is 0.188. The summed E-state index contributed by atoms with van der Waals surface area (Å²) < 4.78 is 12.0. The molecule has 1 aliphatic heterocycles. The van der Waals surface area contributed by atoms with Crippen molar-refractivity contribution in [3.05, 3.63) is 52.5 Å². The van der Waals surface area contributed by atoms with Crippen LogP contribution < -0.4 is 14.8 Å². The Morgan fingerprint density at radius 1 is 1.05 bits per heavy atom. The maximum absolute atomic E-state index is 9.41. The van der Waals surface area contributed by atoms with Crippen molar-refractivity contribution in [2.24, 2.45) is 0 Å². The number of fused-ring (bicyclic) bond motifs is 1. The van der Waals surface area contributed by atoms with Crippen LogP contribution in [0, 0.1) is 11.3 Å². The molecule has 0 saturated heterocycles. The number of nitrogens with one attached hydrogen (secondary N) is 1. The Labute approximate surface area is 131 Å². The van der Waals surface area contributed by atoms with E-state index in [2.05, 4.69) is 27.3 Å². The predicted octanol–water partition coefficient (Wildman–Crippen LogP) is 3.90. The Kier molecular flexibility index (Phi) is 3.98. The van der Waals surface area contributed by atoms with Crippen molar-refractivity contribution in [3.8, 4) is 17.6 Å². The number of hydrogen-bond acceptors (Lipinski definition) is 4. The average Bonchev–Trinajstić information content (AvgIpc) is 2.54. The van der Waals surface area contributed by atoms with Gasteiger partial charge in [0.1, 0.15) is 19.3 Å². The first kappa shape index (κ1) is 13.8. The zero-order valence-electron chi connectivity index (χ0n) is 11.2. The monoisotopic (exact) mass is 344 g/mol. The van der Waals surface area contributed by atoms with E-state index in [9.17, 15) is 5.26 Å². The molecule has 1 aliphatic rings. The number of nitrogens with zero attached hydrogens (tertiary/aromatic N) is 1. The van der Waals surface area contributed by atoms with Crippen LogP contribution in [0.15, 0.2) is 46.9 Å². The highest BCUT2D eigenvalue weighted by atomic mass is 79.9. The Bertz CT molecular complexity index is 680. The van der Waals surface area contributed by atoms with Crippen molar-refractivity contribution in [1.82, 2.24) is 0 Å². The second-order valence-corrected chi connectivity index (χ2v) is 5.53. The van der Waals surface area contributed by atoms with Gasteiger partial charge in [-0.3, -0.25) is 0 Å². The number of benzene rings is 2. The molecule has 0 saturated carbocycles. The third-order valence-corrected chi connectivity index (χ3v) is 3.71. The number of anilines is 1. The lowest BCUT2D eigenvalue weighted by molar-refractivity contribution is 0.171. The van der Waals surface area contributed by atoms with Crippen LogP contribution in [-0.4, -0.2) is 13.2 Å². The summed E-state index contributed by atoms with van der Waals surface area (Å²) in [5, 5.41) is 12.6. The van der Waals surface area contributed by atoms with Gasteiger partial charge in [-0.1, -0.05) is 22.0 Å². The standard InChI is InChI=1S/C16H13BrN2O2/c17-12-2-4-13(5-3-12)19-14(10-18)11-1-6-15-16(9-11)21-8-7-20-15/h1-6,9,14,19H,7-8H2. The van der Waals surface area contributed by atoms with Crippen LogP contribution in [0.3, 0.4) is 0 Å². The van der Waals surface area contributed by atoms with E-state index in [1.165, 1.54) is 0 Å². The summed E-state index contributed by atoms with van der Waals surface area (Å²) in [6.07, 6.45) is 0. The van der Waals surface area contributed by atoms with Gasteiger partial charge >= 0.3 is 0 Å². The summed E-state index contributed by atoms with van der Waals surface area (Å²) >= 11 is 3.39. The molecule has 2 aromatic carbocycles. The Balaban J connectivity index is 1.83. The van der Waals surface area contributed by atoms with Crippen LogP contribution in [0.2, 0.25) is 0 Å². The van der Waals surface area contributed by atoms with Crippen LogP contribution in [-0.2, 0) is 0 Å². The van der Waals surface area contributed by atoms with Crippen molar-refractivity contribution in [2.75, 3.05) is 18.5 Å². The molecule has 1 N–H and O–H groups in total. The topological polar surface area (TPSA) is 54.3 Å². The lowest BCUT2D eigenvalue weighted by Crippen LogP contribution is -2.16. The smallest absolute Gasteiger partial charge is 0.161 e. The van der Waals surface area contributed by atoms with Gasteiger partial charge in [-0.05, 0) is 42.0 Å². The molecular formula is C16H13BrN2O2. The highest BCUT2D eigenvalue weighted by Crippen LogP contribution is 2.33. The van der Waals surface area contributed by atoms with E-state index in [0.29, 0.717) is 19.0 Å². The molecule has 4 nitrogen and oxygen atoms in total. The fourth-order valence-corrected chi connectivity index (χ4v) is 2.41. The van der Waals surface area contributed by atoms with Gasteiger partial charge < -0.3 is 14.8 Å². The molecule has 106 valence electrons. The van der Waals surface area contributed by atoms with Gasteiger partial charge in [0, 0.05) is 10.2 Å². The first-order chi connectivity index (χ1) is 10.3. The second kappa shape index (κ2) is 6.06. The van der Waals surface area contributed by atoms with Crippen LogP contribution in [0.1, 0.15) is 11.6 Å². The van der Waals surface area contributed by atoms with E-state index in [-0.39, 0.29) is 0 Å². The van der Waals surface area contributed by atoms with Crippen molar-refractivity contribution >= 4 is 21.6 Å². The minimum Gasteiger partial charge on any atom is -0.486 e. The van der Waals surface area contributed by atoms with Gasteiger partial charge in [-0.25, -0.2) is 0 Å². The molecular weight excluding hydrogens is 332 g/mol. The maximum atomic E-state index is 9.41. The summed E-state index contributed by atoms with van der Waals surface area (Å²) in [6.45, 7) is 1.10. The van der Waals surface area contributed by atoms with E-state index < -0.39 is 6.04 Å². The normalized spacial score (nSPS) is 14.1. The number of rotatable bonds is 3. The average molecular weight is 345 g/mol. The minimum absolute atomic E-state index is 0.443. The highest BCUT2D eigenvalue weighted by molar-refractivity contribution is 9.10. The van der Waals surface area contributed by atoms with Gasteiger partial charge in [0.05, 0.1) is 6.07 Å². The third kappa shape index (κ3) is 3.11. The molecule has 0 bridgehead atoms. The van der Waals surface area contributed by atoms with E-state index in [1.807, 2.05) is 42.5 Å². The molecule has 0 radical (unpaired) electrons. The number of ether oxygens (including phenoxy) is 2. The predicted molar refractivity (Wildman–Crippen MR) is 83.6 cm³/mol. The molecule has 1 unspecified atom stereocenters. The lowest BCUT2D eigenvalue weighted by atomic mass is 10.1. The Hall–Kier alpha value is -2.19. The molecule has 1 atom stereocenters. The molecule has 0 amide bonds. The number of nitriles is 1. The summed E-state index contributed by atoms with van der Waals surface area (Å²) in [4.78, 5) is 0. The molecule has 0 spiro atoms.